The van der Waals surface area contributed by atoms with Crippen molar-refractivity contribution in [3.8, 4) is 0 Å². The average Bonchev–Trinajstić information content (AvgIpc) is 2.81. The lowest BCUT2D eigenvalue weighted by atomic mass is 10.1. The predicted molar refractivity (Wildman–Crippen MR) is 66.0 cm³/mol. The molecule has 2 aromatic carbocycles. The summed E-state index contributed by atoms with van der Waals surface area (Å²) in [7, 11) is 0. The number of hydrogen-bond acceptors (Lipinski definition) is 2. The highest BCUT2D eigenvalue weighted by Crippen LogP contribution is 2.22. The molecule has 0 radical (unpaired) electrons. The fraction of sp³-hybridized carbons (Fsp3) is 0. The molecular formula is C15H8F2O2. The number of furan rings is 1. The number of rotatable bonds is 2. The van der Waals surface area contributed by atoms with E-state index in [-0.39, 0.29) is 11.3 Å². The lowest BCUT2D eigenvalue weighted by Crippen LogP contribution is -2.03. The summed E-state index contributed by atoms with van der Waals surface area (Å²) in [6, 6.07) is 11.5. The fourth-order valence-electron chi connectivity index (χ4n) is 1.90. The van der Waals surface area contributed by atoms with Crippen LogP contribution < -0.4 is 0 Å². The first kappa shape index (κ1) is 11.6. The molecule has 1 heterocycles. The van der Waals surface area contributed by atoms with E-state index in [4.69, 9.17) is 4.42 Å². The Balaban J connectivity index is 2.08. The highest BCUT2D eigenvalue weighted by molar-refractivity contribution is 6.09. The van der Waals surface area contributed by atoms with Crippen molar-refractivity contribution in [2.75, 3.05) is 0 Å². The van der Waals surface area contributed by atoms with Gasteiger partial charge in [-0.25, -0.2) is 8.78 Å². The summed E-state index contributed by atoms with van der Waals surface area (Å²) < 4.78 is 31.7. The second kappa shape index (κ2) is 4.31. The zero-order valence-corrected chi connectivity index (χ0v) is 9.69. The summed E-state index contributed by atoms with van der Waals surface area (Å²) >= 11 is 0. The maximum Gasteiger partial charge on any atom is 0.231 e. The third-order valence-electron chi connectivity index (χ3n) is 2.83. The lowest BCUT2D eigenvalue weighted by Gasteiger charge is -1.99. The van der Waals surface area contributed by atoms with Crippen molar-refractivity contribution in [2.24, 2.45) is 0 Å². The molecule has 0 amide bonds. The van der Waals surface area contributed by atoms with E-state index in [1.54, 1.807) is 24.3 Å². The summed E-state index contributed by atoms with van der Waals surface area (Å²) in [5.74, 6) is -2.19. The van der Waals surface area contributed by atoms with Crippen LogP contribution in [0.2, 0.25) is 0 Å². The molecule has 19 heavy (non-hydrogen) atoms. The van der Waals surface area contributed by atoms with Gasteiger partial charge in [-0.05, 0) is 24.3 Å². The van der Waals surface area contributed by atoms with Crippen molar-refractivity contribution < 1.29 is 18.0 Å². The molecule has 94 valence electrons. The number of halogens is 2. The first-order valence-corrected chi connectivity index (χ1v) is 5.63. The van der Waals surface area contributed by atoms with Crippen molar-refractivity contribution >= 4 is 16.8 Å². The molecule has 0 aliphatic rings. The van der Waals surface area contributed by atoms with Gasteiger partial charge in [0, 0.05) is 11.5 Å². The van der Waals surface area contributed by atoms with Crippen LogP contribution in [0.5, 0.6) is 0 Å². The molecule has 0 atom stereocenters. The van der Waals surface area contributed by atoms with Crippen LogP contribution in [-0.2, 0) is 0 Å². The van der Waals surface area contributed by atoms with Crippen molar-refractivity contribution in [1.82, 2.24) is 0 Å². The van der Waals surface area contributed by atoms with E-state index in [0.717, 1.165) is 17.5 Å². The van der Waals surface area contributed by atoms with Crippen LogP contribution >= 0.6 is 0 Å². The molecule has 0 saturated heterocycles. The van der Waals surface area contributed by atoms with Crippen LogP contribution in [0.1, 0.15) is 16.1 Å². The van der Waals surface area contributed by atoms with Gasteiger partial charge in [0.15, 0.2) is 5.76 Å². The number of para-hydroxylation sites is 1. The topological polar surface area (TPSA) is 30.2 Å². The monoisotopic (exact) mass is 258 g/mol. The van der Waals surface area contributed by atoms with Crippen molar-refractivity contribution in [3.05, 3.63) is 71.5 Å². The molecule has 0 aliphatic heterocycles. The molecule has 0 unspecified atom stereocenters. The minimum Gasteiger partial charge on any atom is -0.453 e. The Morgan fingerprint density at radius 2 is 1.79 bits per heavy atom. The first-order valence-electron chi connectivity index (χ1n) is 5.63. The molecule has 2 nitrogen and oxygen atoms in total. The Kier molecular flexibility index (Phi) is 2.63. The number of hydrogen-bond donors (Lipinski definition) is 0. The third kappa shape index (κ3) is 2.01. The van der Waals surface area contributed by atoms with Gasteiger partial charge in [-0.3, -0.25) is 4.79 Å². The smallest absolute Gasteiger partial charge is 0.231 e. The number of carbonyl (C=O) groups excluding carboxylic acids is 1. The number of ketones is 1. The number of benzene rings is 2. The minimum absolute atomic E-state index is 0.0340. The van der Waals surface area contributed by atoms with Crippen LogP contribution in [0.4, 0.5) is 8.78 Å². The van der Waals surface area contributed by atoms with E-state index in [1.165, 1.54) is 0 Å². The highest BCUT2D eigenvalue weighted by atomic mass is 19.1. The van der Waals surface area contributed by atoms with E-state index in [9.17, 15) is 13.6 Å². The van der Waals surface area contributed by atoms with E-state index in [0.29, 0.717) is 11.6 Å². The summed E-state index contributed by atoms with van der Waals surface area (Å²) in [4.78, 5) is 12.1. The first-order chi connectivity index (χ1) is 9.15. The van der Waals surface area contributed by atoms with Crippen molar-refractivity contribution in [1.29, 1.82) is 0 Å². The molecule has 0 N–H and O–H groups in total. The van der Waals surface area contributed by atoms with E-state index in [2.05, 4.69) is 0 Å². The SMILES string of the molecule is O=C(c1cc2ccccc2o1)c1ccc(F)cc1F. The normalized spacial score (nSPS) is 10.8. The Hall–Kier alpha value is -2.49. The molecule has 0 bridgehead atoms. The highest BCUT2D eigenvalue weighted by Gasteiger charge is 2.18. The Morgan fingerprint density at radius 1 is 1.00 bits per heavy atom. The maximum absolute atomic E-state index is 13.5. The van der Waals surface area contributed by atoms with E-state index >= 15 is 0 Å². The standard InChI is InChI=1S/C15H8F2O2/c16-10-5-6-11(12(17)8-10)15(18)14-7-9-3-1-2-4-13(9)19-14/h1-8H. The Bertz CT molecular complexity index is 742. The Morgan fingerprint density at radius 3 is 2.53 bits per heavy atom. The van der Waals surface area contributed by atoms with E-state index < -0.39 is 17.4 Å². The molecule has 0 aliphatic carbocycles. The van der Waals surface area contributed by atoms with Crippen LogP contribution in [0.3, 0.4) is 0 Å². The molecule has 0 saturated carbocycles. The second-order valence-corrected chi connectivity index (χ2v) is 4.10. The quantitative estimate of drug-likeness (QED) is 0.652. The van der Waals surface area contributed by atoms with Gasteiger partial charge in [-0.15, -0.1) is 0 Å². The number of fused-ring (bicyclic) bond motifs is 1. The Labute approximate surface area is 107 Å². The molecular weight excluding hydrogens is 250 g/mol. The summed E-state index contributed by atoms with van der Waals surface area (Å²) in [6.07, 6.45) is 0. The second-order valence-electron chi connectivity index (χ2n) is 4.10. The van der Waals surface area contributed by atoms with Crippen LogP contribution in [-0.4, -0.2) is 5.78 Å². The molecule has 1 aromatic heterocycles. The fourth-order valence-corrected chi connectivity index (χ4v) is 1.90. The lowest BCUT2D eigenvalue weighted by molar-refractivity contribution is 0.101. The molecule has 0 spiro atoms. The summed E-state index contributed by atoms with van der Waals surface area (Å²) in [5.41, 5.74) is 0.342. The summed E-state index contributed by atoms with van der Waals surface area (Å²) in [5, 5.41) is 0.758. The average molecular weight is 258 g/mol. The van der Waals surface area contributed by atoms with Gasteiger partial charge in [-0.2, -0.15) is 0 Å². The van der Waals surface area contributed by atoms with Crippen LogP contribution in [0.25, 0.3) is 11.0 Å². The molecule has 4 heteroatoms. The van der Waals surface area contributed by atoms with Crippen LogP contribution in [0, 0.1) is 11.6 Å². The van der Waals surface area contributed by atoms with Gasteiger partial charge in [-0.1, -0.05) is 18.2 Å². The maximum atomic E-state index is 13.5. The third-order valence-corrected chi connectivity index (χ3v) is 2.83. The van der Waals surface area contributed by atoms with Gasteiger partial charge in [0.25, 0.3) is 0 Å². The zero-order valence-electron chi connectivity index (χ0n) is 9.69. The van der Waals surface area contributed by atoms with Gasteiger partial charge in [0.1, 0.15) is 17.2 Å². The van der Waals surface area contributed by atoms with Crippen molar-refractivity contribution in [2.45, 2.75) is 0 Å². The number of carbonyl (C=O) groups is 1. The van der Waals surface area contributed by atoms with Gasteiger partial charge in [0.05, 0.1) is 5.56 Å². The van der Waals surface area contributed by atoms with Crippen LogP contribution in [0.15, 0.2) is 52.9 Å². The van der Waals surface area contributed by atoms with Crippen molar-refractivity contribution in [3.63, 3.8) is 0 Å². The van der Waals surface area contributed by atoms with E-state index in [1.807, 2.05) is 6.07 Å². The van der Waals surface area contributed by atoms with Gasteiger partial charge in [0.2, 0.25) is 5.78 Å². The predicted octanol–water partition coefficient (Wildman–Crippen LogP) is 3.94. The minimum atomic E-state index is -0.898. The largest absolute Gasteiger partial charge is 0.453 e. The zero-order chi connectivity index (χ0) is 13.4. The summed E-state index contributed by atoms with van der Waals surface area (Å²) in [6.45, 7) is 0. The molecule has 0 fully saturated rings. The molecule has 3 rings (SSSR count). The molecule has 3 aromatic rings. The van der Waals surface area contributed by atoms with Gasteiger partial charge < -0.3 is 4.42 Å². The van der Waals surface area contributed by atoms with Gasteiger partial charge >= 0.3 is 0 Å².